The maximum absolute atomic E-state index is 13.6. The smallest absolute Gasteiger partial charge is 0.419 e. The van der Waals surface area contributed by atoms with Crippen LogP contribution in [0.1, 0.15) is 39.0 Å². The summed E-state index contributed by atoms with van der Waals surface area (Å²) < 4.78 is 31.8. The van der Waals surface area contributed by atoms with E-state index in [1.807, 2.05) is 0 Å². The van der Waals surface area contributed by atoms with Crippen molar-refractivity contribution in [3.8, 4) is 5.75 Å². The van der Waals surface area contributed by atoms with Crippen LogP contribution in [0.4, 0.5) is 0 Å². The summed E-state index contributed by atoms with van der Waals surface area (Å²) in [7, 11) is -4.40. The Bertz CT molecular complexity index is 1310. The molecule has 3 rings (SSSR count). The number of rotatable bonds is 8. The van der Waals surface area contributed by atoms with Crippen molar-refractivity contribution in [3.63, 3.8) is 0 Å². The first-order valence-corrected chi connectivity index (χ1v) is 12.5. The van der Waals surface area contributed by atoms with Crippen LogP contribution in [0.15, 0.2) is 45.2 Å². The standard InChI is InChI=1S/C21H25ClN5O7P/c1-12-10-27(20(30)24-18(12)28)17-9-15(25-26-23)16(33-17)11-32-35(31,19(29)21(2,3)4)34-14-7-5-13(22)6-8-14/h5-8,10,15-17H,9,11H2,1-4H3,(H,24,28,30)/t15-,16+,17+,35?/m0/s1. The second-order valence-electron chi connectivity index (χ2n) is 9.01. The van der Waals surface area contributed by atoms with Crippen molar-refractivity contribution in [2.45, 2.75) is 52.5 Å². The molecule has 0 amide bonds. The minimum atomic E-state index is -4.40. The van der Waals surface area contributed by atoms with E-state index >= 15 is 0 Å². The molecule has 1 aliphatic rings. The van der Waals surface area contributed by atoms with E-state index in [0.29, 0.717) is 5.02 Å². The van der Waals surface area contributed by atoms with Crippen molar-refractivity contribution in [2.24, 2.45) is 10.5 Å². The van der Waals surface area contributed by atoms with E-state index in [0.717, 1.165) is 0 Å². The van der Waals surface area contributed by atoms with Gasteiger partial charge in [0.1, 0.15) is 12.0 Å². The van der Waals surface area contributed by atoms with E-state index in [4.69, 9.17) is 30.9 Å². The van der Waals surface area contributed by atoms with Crippen LogP contribution in [-0.2, 0) is 18.6 Å². The maximum Gasteiger partial charge on any atom is 0.446 e. The first kappa shape index (κ1) is 26.7. The summed E-state index contributed by atoms with van der Waals surface area (Å²) in [6.07, 6.45) is -0.430. The molecular weight excluding hydrogens is 501 g/mol. The first-order chi connectivity index (χ1) is 16.3. The molecule has 0 bridgehead atoms. The lowest BCUT2D eigenvalue weighted by Crippen LogP contribution is -2.33. The van der Waals surface area contributed by atoms with Gasteiger partial charge in [-0.1, -0.05) is 37.5 Å². The molecular formula is C21H25ClN5O7P. The van der Waals surface area contributed by atoms with Crippen molar-refractivity contribution in [1.29, 1.82) is 0 Å². The van der Waals surface area contributed by atoms with Crippen molar-refractivity contribution in [3.05, 3.63) is 72.3 Å². The van der Waals surface area contributed by atoms with Crippen LogP contribution < -0.4 is 15.8 Å². The molecule has 35 heavy (non-hydrogen) atoms. The van der Waals surface area contributed by atoms with E-state index < -0.39 is 54.8 Å². The van der Waals surface area contributed by atoms with Crippen LogP contribution >= 0.6 is 19.2 Å². The van der Waals surface area contributed by atoms with Gasteiger partial charge >= 0.3 is 13.3 Å². The first-order valence-electron chi connectivity index (χ1n) is 10.6. The largest absolute Gasteiger partial charge is 0.446 e. The predicted molar refractivity (Wildman–Crippen MR) is 128 cm³/mol. The Morgan fingerprint density at radius 1 is 1.34 bits per heavy atom. The Morgan fingerprint density at radius 3 is 2.60 bits per heavy atom. The molecule has 1 unspecified atom stereocenters. The second kappa shape index (κ2) is 10.4. The minimum absolute atomic E-state index is 0.0824. The highest BCUT2D eigenvalue weighted by Crippen LogP contribution is 2.54. The van der Waals surface area contributed by atoms with Crippen LogP contribution in [-0.4, -0.2) is 33.8 Å². The van der Waals surface area contributed by atoms with Crippen molar-refractivity contribution < 1.29 is 23.1 Å². The number of hydrogen-bond acceptors (Lipinski definition) is 8. The van der Waals surface area contributed by atoms with E-state index in [-0.39, 0.29) is 17.7 Å². The number of H-pyrrole nitrogens is 1. The highest BCUT2D eigenvalue weighted by atomic mass is 35.5. The Morgan fingerprint density at radius 2 is 2.00 bits per heavy atom. The quantitative estimate of drug-likeness (QED) is 0.232. The minimum Gasteiger partial charge on any atom is -0.419 e. The number of carbonyl (C=O) groups excluding carboxylic acids is 1. The number of nitrogens with zero attached hydrogens (tertiary/aromatic N) is 4. The summed E-state index contributed by atoms with van der Waals surface area (Å²) in [5, 5.41) is 4.12. The Kier molecular flexibility index (Phi) is 7.93. The third kappa shape index (κ3) is 6.22. The highest BCUT2D eigenvalue weighted by molar-refractivity contribution is 7.72. The van der Waals surface area contributed by atoms with Gasteiger partial charge in [0.15, 0.2) is 0 Å². The molecule has 0 aliphatic carbocycles. The number of carbonyl (C=O) groups is 1. The number of hydrogen-bond donors (Lipinski definition) is 1. The maximum atomic E-state index is 13.6. The van der Waals surface area contributed by atoms with Crippen molar-refractivity contribution in [2.75, 3.05) is 6.61 Å². The van der Waals surface area contributed by atoms with E-state index in [1.165, 1.54) is 42.0 Å². The lowest BCUT2D eigenvalue weighted by molar-refractivity contribution is -0.120. The number of benzene rings is 1. The van der Waals surface area contributed by atoms with Crippen LogP contribution in [0.3, 0.4) is 0 Å². The Balaban J connectivity index is 1.86. The van der Waals surface area contributed by atoms with Gasteiger partial charge in [-0.15, -0.1) is 0 Å². The Hall–Kier alpha value is -2.88. The van der Waals surface area contributed by atoms with Gasteiger partial charge < -0.3 is 9.26 Å². The third-order valence-electron chi connectivity index (χ3n) is 5.20. The number of nitrogens with one attached hydrogen (secondary N) is 1. The zero-order valence-corrected chi connectivity index (χ0v) is 21.2. The number of ether oxygens (including phenoxy) is 1. The molecule has 1 aromatic carbocycles. The van der Waals surface area contributed by atoms with Gasteiger partial charge in [-0.25, -0.2) is 9.36 Å². The van der Waals surface area contributed by atoms with Crippen LogP contribution in [0.2, 0.25) is 5.02 Å². The monoisotopic (exact) mass is 525 g/mol. The number of aromatic amines is 1. The fourth-order valence-electron chi connectivity index (χ4n) is 3.37. The average molecular weight is 526 g/mol. The van der Waals surface area contributed by atoms with E-state index in [2.05, 4.69) is 15.0 Å². The molecule has 2 heterocycles. The van der Waals surface area contributed by atoms with Crippen LogP contribution in [0.25, 0.3) is 10.4 Å². The van der Waals surface area contributed by atoms with E-state index in [9.17, 15) is 18.9 Å². The normalized spacial score (nSPS) is 21.7. The van der Waals surface area contributed by atoms with Gasteiger partial charge in [0.25, 0.3) is 11.1 Å². The van der Waals surface area contributed by atoms with Gasteiger partial charge in [0.05, 0.1) is 18.8 Å². The molecule has 0 spiro atoms. The molecule has 1 saturated heterocycles. The number of aromatic nitrogens is 2. The number of azide groups is 1. The molecule has 2 aromatic rings. The van der Waals surface area contributed by atoms with E-state index in [1.54, 1.807) is 20.8 Å². The molecule has 188 valence electrons. The number of aryl methyl sites for hydroxylation is 1. The molecule has 4 atom stereocenters. The van der Waals surface area contributed by atoms with Crippen LogP contribution in [0.5, 0.6) is 5.75 Å². The zero-order chi connectivity index (χ0) is 26.0. The zero-order valence-electron chi connectivity index (χ0n) is 19.5. The fraction of sp³-hybridized carbons (Fsp3) is 0.476. The summed E-state index contributed by atoms with van der Waals surface area (Å²) in [5.41, 5.74) is 6.20. The molecule has 1 fully saturated rings. The number of halogens is 1. The topological polar surface area (TPSA) is 165 Å². The Labute approximate surface area is 205 Å². The van der Waals surface area contributed by atoms with Crippen molar-refractivity contribution >= 4 is 24.7 Å². The van der Waals surface area contributed by atoms with Gasteiger partial charge in [-0.3, -0.25) is 23.7 Å². The lowest BCUT2D eigenvalue weighted by atomic mass is 10.00. The summed E-state index contributed by atoms with van der Waals surface area (Å²) in [6, 6.07) is 5.11. The van der Waals surface area contributed by atoms with Crippen molar-refractivity contribution in [1.82, 2.24) is 9.55 Å². The fourth-order valence-corrected chi connectivity index (χ4v) is 5.31. The SMILES string of the molecule is Cc1cn([C@H]2C[C@H](N=[N+]=[N-])[C@@H](COP(=O)(Oc3ccc(Cl)cc3)C(=O)C(C)(C)C)O2)c(=O)[nH]c1=O. The summed E-state index contributed by atoms with van der Waals surface area (Å²) in [6.45, 7) is 5.83. The molecule has 1 aromatic heterocycles. The lowest BCUT2D eigenvalue weighted by Gasteiger charge is -2.26. The molecule has 1 aliphatic heterocycles. The van der Waals surface area contributed by atoms with Gasteiger partial charge in [-0.05, 0) is 36.7 Å². The summed E-state index contributed by atoms with van der Waals surface area (Å²) >= 11 is 5.88. The second-order valence-corrected chi connectivity index (χ2v) is 11.3. The van der Waals surface area contributed by atoms with Gasteiger partial charge in [0.2, 0.25) is 0 Å². The average Bonchev–Trinajstić information content (AvgIpc) is 3.18. The van der Waals surface area contributed by atoms with Crippen LogP contribution in [0, 0.1) is 12.3 Å². The predicted octanol–water partition coefficient (Wildman–Crippen LogP) is 4.33. The summed E-state index contributed by atoms with van der Waals surface area (Å²) in [5.74, 6) is 0.113. The van der Waals surface area contributed by atoms with Gasteiger partial charge in [0, 0.05) is 33.5 Å². The molecule has 14 heteroatoms. The summed E-state index contributed by atoms with van der Waals surface area (Å²) in [4.78, 5) is 42.0. The highest BCUT2D eigenvalue weighted by Gasteiger charge is 2.46. The molecule has 0 saturated carbocycles. The van der Waals surface area contributed by atoms with Gasteiger partial charge in [-0.2, -0.15) is 0 Å². The molecule has 12 nitrogen and oxygen atoms in total. The molecule has 1 N–H and O–H groups in total. The molecule has 0 radical (unpaired) electrons. The third-order valence-corrected chi connectivity index (χ3v) is 7.56.